The van der Waals surface area contributed by atoms with Gasteiger partial charge >= 0.3 is 12.4 Å². The van der Waals surface area contributed by atoms with Crippen molar-refractivity contribution in [3.8, 4) is 11.6 Å². The molecule has 0 amide bonds. The molecule has 1 aliphatic carbocycles. The molecule has 1 N–H and O–H groups in total. The van der Waals surface area contributed by atoms with Crippen LogP contribution in [0.2, 0.25) is 0 Å². The maximum absolute atomic E-state index is 12.7. The average molecular weight is 623 g/mol. The van der Waals surface area contributed by atoms with Crippen molar-refractivity contribution in [2.45, 2.75) is 77.2 Å². The molecule has 14 heteroatoms. The lowest BCUT2D eigenvalue weighted by molar-refractivity contribution is -0.138. The van der Waals surface area contributed by atoms with E-state index in [1.54, 1.807) is 6.20 Å². The third-order valence-electron chi connectivity index (χ3n) is 7.48. The van der Waals surface area contributed by atoms with E-state index in [9.17, 15) is 36.2 Å². The summed E-state index contributed by atoms with van der Waals surface area (Å²) in [7, 11) is 0. The van der Waals surface area contributed by atoms with Crippen molar-refractivity contribution in [2.75, 3.05) is 0 Å². The fourth-order valence-electron chi connectivity index (χ4n) is 5.06. The SMILES string of the molecule is CCc1nn(-c2ccc(C(F)(F)F)cn2)cc1C(O)C1CCCCC1.CCc1nn(-c2ccc(C(F)(F)F)cn2)cc1C=O. The van der Waals surface area contributed by atoms with E-state index in [2.05, 4.69) is 20.2 Å². The number of aliphatic hydroxyl groups excluding tert-OH is 1. The van der Waals surface area contributed by atoms with Crippen LogP contribution in [0, 0.1) is 5.92 Å². The second kappa shape index (κ2) is 13.7. The molecule has 0 aliphatic heterocycles. The van der Waals surface area contributed by atoms with Crippen molar-refractivity contribution in [1.29, 1.82) is 0 Å². The Kier molecular flexibility index (Phi) is 10.2. The second-order valence-electron chi connectivity index (χ2n) is 10.4. The zero-order chi connectivity index (χ0) is 32.1. The van der Waals surface area contributed by atoms with Crippen LogP contribution in [-0.2, 0) is 25.2 Å². The van der Waals surface area contributed by atoms with E-state index in [1.165, 1.54) is 34.1 Å². The minimum atomic E-state index is -4.42. The first-order chi connectivity index (χ1) is 20.8. The molecule has 0 bridgehead atoms. The average Bonchev–Trinajstić information content (AvgIpc) is 3.65. The Morgan fingerprint density at radius 2 is 1.32 bits per heavy atom. The van der Waals surface area contributed by atoms with Gasteiger partial charge in [0.05, 0.1) is 34.2 Å². The van der Waals surface area contributed by atoms with Gasteiger partial charge in [0.2, 0.25) is 0 Å². The second-order valence-corrected chi connectivity index (χ2v) is 10.4. The number of aliphatic hydroxyl groups is 1. The van der Waals surface area contributed by atoms with E-state index >= 15 is 0 Å². The van der Waals surface area contributed by atoms with Gasteiger partial charge < -0.3 is 5.11 Å². The molecule has 1 fully saturated rings. The van der Waals surface area contributed by atoms with E-state index in [4.69, 9.17) is 0 Å². The number of aromatic nitrogens is 6. The molecule has 1 atom stereocenters. The fraction of sp³-hybridized carbons (Fsp3) is 0.433. The molecule has 0 spiro atoms. The Labute approximate surface area is 249 Å². The van der Waals surface area contributed by atoms with Gasteiger partial charge in [0.25, 0.3) is 0 Å². The van der Waals surface area contributed by atoms with Gasteiger partial charge in [0.15, 0.2) is 17.9 Å². The number of aldehydes is 1. The van der Waals surface area contributed by atoms with Gasteiger partial charge in [-0.3, -0.25) is 4.79 Å². The molecule has 0 saturated heterocycles. The monoisotopic (exact) mass is 622 g/mol. The zero-order valence-corrected chi connectivity index (χ0v) is 24.1. The zero-order valence-electron chi connectivity index (χ0n) is 24.1. The van der Waals surface area contributed by atoms with E-state index in [-0.39, 0.29) is 11.7 Å². The van der Waals surface area contributed by atoms with Crippen molar-refractivity contribution >= 4 is 6.29 Å². The summed E-state index contributed by atoms with van der Waals surface area (Å²) in [6, 6.07) is 4.43. The number of hydrogen-bond donors (Lipinski definition) is 1. The third kappa shape index (κ3) is 7.71. The smallest absolute Gasteiger partial charge is 0.388 e. The summed E-state index contributed by atoms with van der Waals surface area (Å²) >= 11 is 0. The van der Waals surface area contributed by atoms with Crippen molar-refractivity contribution in [2.24, 2.45) is 5.92 Å². The highest BCUT2D eigenvalue weighted by Crippen LogP contribution is 2.36. The number of alkyl halides is 6. The van der Waals surface area contributed by atoms with Crippen molar-refractivity contribution < 1.29 is 36.2 Å². The van der Waals surface area contributed by atoms with Gasteiger partial charge in [-0.1, -0.05) is 33.1 Å². The van der Waals surface area contributed by atoms with Gasteiger partial charge in [-0.2, -0.15) is 36.5 Å². The van der Waals surface area contributed by atoms with Gasteiger partial charge in [-0.25, -0.2) is 19.3 Å². The number of pyridine rings is 2. The highest BCUT2D eigenvalue weighted by molar-refractivity contribution is 5.76. The van der Waals surface area contributed by atoms with Crippen LogP contribution in [-0.4, -0.2) is 40.9 Å². The van der Waals surface area contributed by atoms with Crippen LogP contribution in [0.1, 0.15) is 90.5 Å². The quantitative estimate of drug-likeness (QED) is 0.174. The largest absolute Gasteiger partial charge is 0.417 e. The number of nitrogens with zero attached hydrogens (tertiary/aromatic N) is 6. The lowest BCUT2D eigenvalue weighted by Gasteiger charge is -2.26. The predicted molar refractivity (Wildman–Crippen MR) is 148 cm³/mol. The van der Waals surface area contributed by atoms with E-state index in [0.717, 1.165) is 61.5 Å². The summed E-state index contributed by atoms with van der Waals surface area (Å²) in [5, 5.41) is 19.3. The molecule has 0 aromatic carbocycles. The molecule has 8 nitrogen and oxygen atoms in total. The molecule has 4 aromatic rings. The van der Waals surface area contributed by atoms with Crippen molar-refractivity contribution in [3.63, 3.8) is 0 Å². The predicted octanol–water partition coefficient (Wildman–Crippen LogP) is 7.12. The Morgan fingerprint density at radius 3 is 1.73 bits per heavy atom. The normalized spacial score (nSPS) is 15.0. The first-order valence-corrected chi connectivity index (χ1v) is 14.2. The topological polar surface area (TPSA) is 98.7 Å². The van der Waals surface area contributed by atoms with E-state index in [1.807, 2.05) is 13.8 Å². The third-order valence-corrected chi connectivity index (χ3v) is 7.48. The van der Waals surface area contributed by atoms with Crippen LogP contribution in [0.25, 0.3) is 11.6 Å². The first kappa shape index (κ1) is 32.8. The Balaban J connectivity index is 0.000000209. The van der Waals surface area contributed by atoms with Gasteiger partial charge in [0.1, 0.15) is 0 Å². The maximum atomic E-state index is 12.7. The Hall–Kier alpha value is -4.07. The minimum absolute atomic E-state index is 0.220. The molecule has 1 saturated carbocycles. The van der Waals surface area contributed by atoms with Gasteiger partial charge in [0, 0.05) is 30.4 Å². The van der Waals surface area contributed by atoms with Crippen LogP contribution < -0.4 is 0 Å². The molecule has 4 heterocycles. The number of aryl methyl sites for hydroxylation is 2. The van der Waals surface area contributed by atoms with Crippen LogP contribution >= 0.6 is 0 Å². The Bertz CT molecular complexity index is 1520. The lowest BCUT2D eigenvalue weighted by atomic mass is 9.82. The van der Waals surface area contributed by atoms with Crippen LogP contribution in [0.5, 0.6) is 0 Å². The molecule has 236 valence electrons. The summed E-state index contributed by atoms with van der Waals surface area (Å²) in [6.07, 6.45) is 2.58. The number of halogens is 6. The molecule has 5 rings (SSSR count). The molecule has 1 aliphatic rings. The summed E-state index contributed by atoms with van der Waals surface area (Å²) in [6.45, 7) is 3.78. The summed E-state index contributed by atoms with van der Waals surface area (Å²) in [5.74, 6) is 0.762. The lowest BCUT2D eigenvalue weighted by Crippen LogP contribution is -2.16. The van der Waals surface area contributed by atoms with Crippen LogP contribution in [0.4, 0.5) is 26.3 Å². The molecule has 44 heavy (non-hydrogen) atoms. The number of carbonyl (C=O) groups is 1. The fourth-order valence-corrected chi connectivity index (χ4v) is 5.06. The minimum Gasteiger partial charge on any atom is -0.388 e. The maximum Gasteiger partial charge on any atom is 0.417 e. The highest BCUT2D eigenvalue weighted by atomic mass is 19.4. The standard InChI is InChI=1S/C18H22F3N3O.C12H10F3N3O/c1-2-15-14(17(25)12-6-4-3-5-7-12)11-24(23-15)16-9-8-13(10-22-16)18(19,20)21;1-2-10-8(7-19)6-18(17-10)11-4-3-9(5-16-11)12(13,14)15/h8-12,17,25H,2-7H2,1H3;3-7H,2H2,1H3. The number of carbonyl (C=O) groups excluding carboxylic acids is 1. The van der Waals surface area contributed by atoms with Gasteiger partial charge in [-0.05, 0) is 55.9 Å². The van der Waals surface area contributed by atoms with Crippen molar-refractivity contribution in [1.82, 2.24) is 29.5 Å². The molecule has 1 unspecified atom stereocenters. The molecule has 0 radical (unpaired) electrons. The van der Waals surface area contributed by atoms with Crippen LogP contribution in [0.15, 0.2) is 49.1 Å². The Morgan fingerprint density at radius 1 is 0.818 bits per heavy atom. The van der Waals surface area contributed by atoms with E-state index < -0.39 is 29.6 Å². The van der Waals surface area contributed by atoms with E-state index in [0.29, 0.717) is 36.2 Å². The summed E-state index contributed by atoms with van der Waals surface area (Å²) < 4.78 is 77.9. The van der Waals surface area contributed by atoms with Gasteiger partial charge in [-0.15, -0.1) is 0 Å². The highest BCUT2D eigenvalue weighted by Gasteiger charge is 2.32. The summed E-state index contributed by atoms with van der Waals surface area (Å²) in [4.78, 5) is 18.4. The van der Waals surface area contributed by atoms with Crippen LogP contribution in [0.3, 0.4) is 0 Å². The first-order valence-electron chi connectivity index (χ1n) is 14.2. The molecular formula is C30H32F6N6O2. The molecular weight excluding hydrogens is 590 g/mol. The number of rotatable bonds is 7. The number of hydrogen-bond acceptors (Lipinski definition) is 6. The van der Waals surface area contributed by atoms with Crippen molar-refractivity contribution in [3.05, 3.63) is 82.7 Å². The molecule has 4 aromatic heterocycles. The summed E-state index contributed by atoms with van der Waals surface area (Å²) in [5.41, 5.74) is 0.896.